The molecule has 1 amide bonds. The number of aliphatic hydroxyl groups excluding tert-OH is 1. The van der Waals surface area contributed by atoms with E-state index in [0.717, 1.165) is 5.56 Å². The number of anilines is 1. The van der Waals surface area contributed by atoms with E-state index in [1.165, 1.54) is 29.2 Å². The molecule has 0 saturated carbocycles. The third-order valence-electron chi connectivity index (χ3n) is 5.73. The number of benzene rings is 3. The Labute approximate surface area is 195 Å². The summed E-state index contributed by atoms with van der Waals surface area (Å²) >= 11 is 6.05. The third kappa shape index (κ3) is 3.98. The molecule has 1 N–H and O–H groups in total. The van der Waals surface area contributed by atoms with E-state index >= 15 is 0 Å². The lowest BCUT2D eigenvalue weighted by molar-refractivity contribution is -0.132. The number of carbonyl (C=O) groups excluding carboxylic acids is 2. The van der Waals surface area contributed by atoms with Crippen molar-refractivity contribution in [3.63, 3.8) is 0 Å². The average Bonchev–Trinajstić information content (AvgIpc) is 3.06. The van der Waals surface area contributed by atoms with E-state index < -0.39 is 23.5 Å². The molecule has 3 aromatic rings. The number of halogens is 2. The molecule has 1 aliphatic rings. The Morgan fingerprint density at radius 2 is 1.64 bits per heavy atom. The number of rotatable bonds is 4. The van der Waals surface area contributed by atoms with Crippen LogP contribution in [0.15, 0.2) is 66.2 Å². The summed E-state index contributed by atoms with van der Waals surface area (Å²) in [6.45, 7) is 3.60. The Kier molecular flexibility index (Phi) is 5.95. The van der Waals surface area contributed by atoms with Crippen molar-refractivity contribution in [2.45, 2.75) is 19.9 Å². The van der Waals surface area contributed by atoms with Crippen molar-refractivity contribution in [3.05, 3.63) is 99.3 Å². The van der Waals surface area contributed by atoms with Gasteiger partial charge in [-0.1, -0.05) is 23.7 Å². The molecule has 0 spiro atoms. The first-order valence-corrected chi connectivity index (χ1v) is 10.6. The number of carbonyl (C=O) groups is 2. The highest BCUT2D eigenvalue weighted by Gasteiger charge is 2.47. The zero-order valence-corrected chi connectivity index (χ0v) is 19.0. The fourth-order valence-electron chi connectivity index (χ4n) is 4.07. The number of ketones is 1. The molecule has 0 radical (unpaired) electrons. The minimum Gasteiger partial charge on any atom is -0.507 e. The first-order chi connectivity index (χ1) is 15.7. The summed E-state index contributed by atoms with van der Waals surface area (Å²) < 4.78 is 18.9. The third-order valence-corrected chi connectivity index (χ3v) is 5.98. The fourth-order valence-corrected chi connectivity index (χ4v) is 4.20. The number of hydrogen-bond donors (Lipinski definition) is 1. The Morgan fingerprint density at radius 3 is 2.24 bits per heavy atom. The molecule has 0 bridgehead atoms. The normalized spacial score (nSPS) is 17.5. The summed E-state index contributed by atoms with van der Waals surface area (Å²) in [6, 6.07) is 14.5. The molecule has 1 atom stereocenters. The fraction of sp³-hybridized carbons (Fsp3) is 0.154. The molecule has 3 aromatic carbocycles. The highest BCUT2D eigenvalue weighted by molar-refractivity contribution is 6.51. The lowest BCUT2D eigenvalue weighted by atomic mass is 9.93. The van der Waals surface area contributed by atoms with Gasteiger partial charge in [0.1, 0.15) is 17.3 Å². The molecule has 1 heterocycles. The second kappa shape index (κ2) is 8.71. The van der Waals surface area contributed by atoms with Crippen molar-refractivity contribution >= 4 is 34.7 Å². The van der Waals surface area contributed by atoms with Crippen LogP contribution in [0.2, 0.25) is 5.02 Å². The van der Waals surface area contributed by atoms with Crippen molar-refractivity contribution in [1.29, 1.82) is 0 Å². The number of hydrogen-bond acceptors (Lipinski definition) is 4. The number of ether oxygens (including phenoxy) is 1. The Balaban J connectivity index is 1.96. The maximum Gasteiger partial charge on any atom is 0.300 e. The maximum absolute atomic E-state index is 13.5. The van der Waals surface area contributed by atoms with Crippen molar-refractivity contribution in [2.24, 2.45) is 0 Å². The van der Waals surface area contributed by atoms with Crippen molar-refractivity contribution in [1.82, 2.24) is 0 Å². The Bertz CT molecular complexity index is 1280. The highest BCUT2D eigenvalue weighted by atomic mass is 35.5. The lowest BCUT2D eigenvalue weighted by Crippen LogP contribution is -2.29. The van der Waals surface area contributed by atoms with Gasteiger partial charge in [0.05, 0.1) is 18.7 Å². The molecule has 1 unspecified atom stereocenters. The largest absolute Gasteiger partial charge is 0.507 e. The molecular formula is C26H21ClFNO4. The quantitative estimate of drug-likeness (QED) is 0.303. The van der Waals surface area contributed by atoms with Gasteiger partial charge in [-0.3, -0.25) is 14.5 Å². The molecule has 168 valence electrons. The van der Waals surface area contributed by atoms with E-state index in [1.54, 1.807) is 50.4 Å². The van der Waals surface area contributed by atoms with Crippen molar-refractivity contribution < 1.29 is 23.8 Å². The van der Waals surface area contributed by atoms with Gasteiger partial charge in [0.25, 0.3) is 11.7 Å². The number of methoxy groups -OCH3 is 1. The first kappa shape index (κ1) is 22.6. The predicted octanol–water partition coefficient (Wildman–Crippen LogP) is 5.73. The molecule has 4 rings (SSSR count). The zero-order valence-electron chi connectivity index (χ0n) is 18.2. The smallest absolute Gasteiger partial charge is 0.300 e. The average molecular weight is 466 g/mol. The molecule has 0 aliphatic carbocycles. The molecule has 1 saturated heterocycles. The zero-order chi connectivity index (χ0) is 23.9. The Hall–Kier alpha value is -3.64. The van der Waals surface area contributed by atoms with Gasteiger partial charge in [-0.2, -0.15) is 0 Å². The number of nitrogens with zero attached hydrogens (tertiary/aromatic N) is 1. The van der Waals surface area contributed by atoms with Crippen LogP contribution in [0.3, 0.4) is 0 Å². The lowest BCUT2D eigenvalue weighted by Gasteiger charge is -2.25. The van der Waals surface area contributed by atoms with Gasteiger partial charge >= 0.3 is 0 Å². The number of aryl methyl sites for hydroxylation is 2. The first-order valence-electron chi connectivity index (χ1n) is 10.2. The SMILES string of the molecule is COc1cc(C)c(/C(O)=C2\C(=O)C(=O)N(c3ccc(F)cc3)C2c2ccc(Cl)cc2)cc1C. The van der Waals surface area contributed by atoms with E-state index in [1.807, 2.05) is 6.92 Å². The number of amides is 1. The summed E-state index contributed by atoms with van der Waals surface area (Å²) in [5.41, 5.74) is 2.72. The molecule has 33 heavy (non-hydrogen) atoms. The van der Waals surface area contributed by atoms with E-state index in [-0.39, 0.29) is 11.3 Å². The number of Topliss-reactive ketones (excluding diaryl/α,β-unsaturated/α-hetero) is 1. The molecular weight excluding hydrogens is 445 g/mol. The van der Waals surface area contributed by atoms with Crippen LogP contribution in [-0.2, 0) is 9.59 Å². The summed E-state index contributed by atoms with van der Waals surface area (Å²) in [5, 5.41) is 11.8. The van der Waals surface area contributed by atoms with Crippen LogP contribution in [0.4, 0.5) is 10.1 Å². The minimum absolute atomic E-state index is 0.0562. The molecule has 5 nitrogen and oxygen atoms in total. The summed E-state index contributed by atoms with van der Waals surface area (Å²) in [7, 11) is 1.55. The van der Waals surface area contributed by atoms with Gasteiger partial charge in [-0.15, -0.1) is 0 Å². The van der Waals surface area contributed by atoms with Gasteiger partial charge in [-0.05, 0) is 79.1 Å². The Morgan fingerprint density at radius 1 is 1.00 bits per heavy atom. The number of aliphatic hydroxyl groups is 1. The van der Waals surface area contributed by atoms with Crippen LogP contribution in [-0.4, -0.2) is 23.9 Å². The second-order valence-corrected chi connectivity index (χ2v) is 8.27. The second-order valence-electron chi connectivity index (χ2n) is 7.83. The highest BCUT2D eigenvalue weighted by Crippen LogP contribution is 2.43. The van der Waals surface area contributed by atoms with Gasteiger partial charge in [-0.25, -0.2) is 4.39 Å². The van der Waals surface area contributed by atoms with Gasteiger partial charge in [0.15, 0.2) is 0 Å². The standard InChI is InChI=1S/C26H21ClFNO4/c1-14-13-21(33-3)15(2)12-20(14)24(30)22-23(16-4-6-17(27)7-5-16)29(26(32)25(22)31)19-10-8-18(28)9-11-19/h4-13,23,30H,1-3H3/b24-22+. The summed E-state index contributed by atoms with van der Waals surface area (Å²) in [5.74, 6) is -1.76. The van der Waals surface area contributed by atoms with Gasteiger partial charge < -0.3 is 9.84 Å². The van der Waals surface area contributed by atoms with Crippen LogP contribution in [0.5, 0.6) is 5.75 Å². The van der Waals surface area contributed by atoms with Gasteiger partial charge in [0, 0.05) is 16.3 Å². The van der Waals surface area contributed by atoms with E-state index in [0.29, 0.717) is 33.1 Å². The van der Waals surface area contributed by atoms with E-state index in [2.05, 4.69) is 0 Å². The van der Waals surface area contributed by atoms with Crippen LogP contribution in [0.25, 0.3) is 5.76 Å². The molecule has 1 aliphatic heterocycles. The molecule has 1 fully saturated rings. The topological polar surface area (TPSA) is 66.8 Å². The summed E-state index contributed by atoms with van der Waals surface area (Å²) in [6.07, 6.45) is 0. The monoisotopic (exact) mass is 465 g/mol. The van der Waals surface area contributed by atoms with Crippen LogP contribution < -0.4 is 9.64 Å². The van der Waals surface area contributed by atoms with Crippen molar-refractivity contribution in [2.75, 3.05) is 12.0 Å². The van der Waals surface area contributed by atoms with Crippen molar-refractivity contribution in [3.8, 4) is 5.75 Å². The predicted molar refractivity (Wildman–Crippen MR) is 125 cm³/mol. The van der Waals surface area contributed by atoms with Crippen LogP contribution in [0, 0.1) is 19.7 Å². The van der Waals surface area contributed by atoms with E-state index in [4.69, 9.17) is 16.3 Å². The van der Waals surface area contributed by atoms with Crippen LogP contribution >= 0.6 is 11.6 Å². The minimum atomic E-state index is -0.922. The molecule has 7 heteroatoms. The molecule has 0 aromatic heterocycles. The summed E-state index contributed by atoms with van der Waals surface area (Å²) in [4.78, 5) is 27.6. The van der Waals surface area contributed by atoms with E-state index in [9.17, 15) is 19.1 Å². The van der Waals surface area contributed by atoms with Crippen LogP contribution in [0.1, 0.15) is 28.3 Å². The maximum atomic E-state index is 13.5. The van der Waals surface area contributed by atoms with Gasteiger partial charge in [0.2, 0.25) is 0 Å².